The Labute approximate surface area is 196 Å². The first kappa shape index (κ1) is 22.9. The molecule has 0 saturated carbocycles. The van der Waals surface area contributed by atoms with Crippen molar-refractivity contribution < 1.29 is 9.72 Å². The highest BCUT2D eigenvalue weighted by molar-refractivity contribution is 7.22. The number of hydrogen-bond donors (Lipinski definition) is 1. The summed E-state index contributed by atoms with van der Waals surface area (Å²) in [4.78, 5) is 31.9. The van der Waals surface area contributed by atoms with E-state index in [1.54, 1.807) is 29.5 Å². The van der Waals surface area contributed by atoms with Crippen LogP contribution in [0.25, 0.3) is 16.3 Å². The second-order valence-corrected chi connectivity index (χ2v) is 9.24. The van der Waals surface area contributed by atoms with Crippen molar-refractivity contribution in [2.75, 3.05) is 44.2 Å². The number of hydrogen-bond acceptors (Lipinski definition) is 7. The van der Waals surface area contributed by atoms with E-state index in [4.69, 9.17) is 4.98 Å². The van der Waals surface area contributed by atoms with Crippen LogP contribution in [0.5, 0.6) is 0 Å². The van der Waals surface area contributed by atoms with E-state index in [9.17, 15) is 14.9 Å². The monoisotopic (exact) mass is 465 g/mol. The van der Waals surface area contributed by atoms with Crippen LogP contribution in [0.2, 0.25) is 0 Å². The molecule has 2 aromatic carbocycles. The molecule has 172 valence electrons. The topological polar surface area (TPSA) is 91.6 Å². The first-order chi connectivity index (χ1) is 15.9. The fraction of sp³-hybridized carbons (Fsp3) is 0.333. The van der Waals surface area contributed by atoms with Gasteiger partial charge in [0.1, 0.15) is 0 Å². The predicted octanol–water partition coefficient (Wildman–Crippen LogP) is 3.77. The summed E-state index contributed by atoms with van der Waals surface area (Å²) in [6, 6.07) is 10.5. The number of aryl methyl sites for hydroxylation is 2. The van der Waals surface area contributed by atoms with E-state index in [1.807, 2.05) is 0 Å². The van der Waals surface area contributed by atoms with E-state index in [-0.39, 0.29) is 11.6 Å². The van der Waals surface area contributed by atoms with Crippen LogP contribution < -0.4 is 10.2 Å². The maximum absolute atomic E-state index is 12.1. The molecule has 0 spiro atoms. The van der Waals surface area contributed by atoms with Crippen molar-refractivity contribution in [2.24, 2.45) is 0 Å². The number of piperazine rings is 1. The third-order valence-corrected chi connectivity index (χ3v) is 6.78. The highest BCUT2D eigenvalue weighted by atomic mass is 32.1. The van der Waals surface area contributed by atoms with Crippen molar-refractivity contribution in [1.29, 1.82) is 0 Å². The second-order valence-electron chi connectivity index (χ2n) is 8.23. The molecule has 1 N–H and O–H groups in total. The maximum Gasteiger partial charge on any atom is 0.269 e. The van der Waals surface area contributed by atoms with E-state index in [2.05, 4.69) is 41.1 Å². The number of carbonyl (C=O) groups is 1. The molecule has 0 atom stereocenters. The number of non-ortho nitro benzene ring substituents is 1. The normalized spacial score (nSPS) is 14.8. The third-order valence-electron chi connectivity index (χ3n) is 5.72. The summed E-state index contributed by atoms with van der Waals surface area (Å²) in [7, 11) is 0. The summed E-state index contributed by atoms with van der Waals surface area (Å²) >= 11 is 1.76. The predicted molar refractivity (Wildman–Crippen MR) is 133 cm³/mol. The second kappa shape index (κ2) is 10.1. The van der Waals surface area contributed by atoms with E-state index in [0.29, 0.717) is 6.54 Å². The van der Waals surface area contributed by atoms with Crippen LogP contribution in [0.4, 0.5) is 10.8 Å². The van der Waals surface area contributed by atoms with Gasteiger partial charge in [-0.05, 0) is 54.8 Å². The molecule has 1 saturated heterocycles. The van der Waals surface area contributed by atoms with Crippen LogP contribution in [0.1, 0.15) is 16.7 Å². The molecule has 33 heavy (non-hydrogen) atoms. The van der Waals surface area contributed by atoms with Gasteiger partial charge in [0.05, 0.1) is 15.1 Å². The summed E-state index contributed by atoms with van der Waals surface area (Å²) in [6.07, 6.45) is 3.11. The van der Waals surface area contributed by atoms with Gasteiger partial charge in [-0.3, -0.25) is 19.8 Å². The Balaban J connectivity index is 1.21. The Hall–Kier alpha value is -3.30. The SMILES string of the molecule is Cc1cc(C)c2nc(N3CCN(CCNC(=O)/C=C\c4ccc([N+](=O)[O-])cc4)CC3)sc2c1. The van der Waals surface area contributed by atoms with Crippen LogP contribution in [-0.2, 0) is 4.79 Å². The van der Waals surface area contributed by atoms with Gasteiger partial charge in [-0.2, -0.15) is 0 Å². The molecule has 0 bridgehead atoms. The largest absolute Gasteiger partial charge is 0.351 e. The average Bonchev–Trinajstić information content (AvgIpc) is 3.23. The van der Waals surface area contributed by atoms with Gasteiger partial charge in [-0.25, -0.2) is 4.98 Å². The van der Waals surface area contributed by atoms with Gasteiger partial charge in [0, 0.05) is 57.5 Å². The molecule has 0 aliphatic carbocycles. The molecule has 9 heteroatoms. The van der Waals surface area contributed by atoms with Gasteiger partial charge in [-0.1, -0.05) is 17.4 Å². The van der Waals surface area contributed by atoms with Crippen molar-refractivity contribution in [3.05, 3.63) is 69.3 Å². The number of nitro groups is 1. The van der Waals surface area contributed by atoms with Crippen LogP contribution in [0.3, 0.4) is 0 Å². The van der Waals surface area contributed by atoms with Crippen molar-refractivity contribution >= 4 is 44.4 Å². The van der Waals surface area contributed by atoms with Crippen LogP contribution in [-0.4, -0.2) is 60.0 Å². The summed E-state index contributed by atoms with van der Waals surface area (Å²) < 4.78 is 1.24. The minimum absolute atomic E-state index is 0.0324. The number of thiazole rings is 1. The van der Waals surface area contributed by atoms with Crippen molar-refractivity contribution in [3.63, 3.8) is 0 Å². The van der Waals surface area contributed by atoms with E-state index in [1.165, 1.54) is 34.0 Å². The summed E-state index contributed by atoms with van der Waals surface area (Å²) in [5, 5.41) is 14.7. The lowest BCUT2D eigenvalue weighted by atomic mass is 10.1. The van der Waals surface area contributed by atoms with Gasteiger partial charge in [0.2, 0.25) is 5.91 Å². The molecule has 0 unspecified atom stereocenters. The molecule has 2 heterocycles. The summed E-state index contributed by atoms with van der Waals surface area (Å²) in [5.74, 6) is -0.174. The van der Waals surface area contributed by atoms with E-state index < -0.39 is 4.92 Å². The van der Waals surface area contributed by atoms with Crippen LogP contribution >= 0.6 is 11.3 Å². The first-order valence-corrected chi connectivity index (χ1v) is 11.8. The standard InChI is InChI=1S/C24H27N5O3S/c1-17-15-18(2)23-21(16-17)33-24(26-23)28-13-11-27(12-14-28)10-9-25-22(30)8-5-19-3-6-20(7-4-19)29(31)32/h3-8,15-16H,9-14H2,1-2H3,(H,25,30)/b8-5-. The quantitative estimate of drug-likeness (QED) is 0.324. The van der Waals surface area contributed by atoms with Crippen molar-refractivity contribution in [1.82, 2.24) is 15.2 Å². The number of carbonyl (C=O) groups excluding carboxylic acids is 1. The fourth-order valence-electron chi connectivity index (χ4n) is 3.93. The number of anilines is 1. The van der Waals surface area contributed by atoms with E-state index >= 15 is 0 Å². The molecular weight excluding hydrogens is 438 g/mol. The minimum Gasteiger partial charge on any atom is -0.351 e. The summed E-state index contributed by atoms with van der Waals surface area (Å²) in [5.41, 5.74) is 4.37. The van der Waals surface area contributed by atoms with Gasteiger partial charge >= 0.3 is 0 Å². The Morgan fingerprint density at radius 2 is 1.91 bits per heavy atom. The van der Waals surface area contributed by atoms with Gasteiger partial charge in [-0.15, -0.1) is 0 Å². The first-order valence-electron chi connectivity index (χ1n) is 10.9. The molecule has 8 nitrogen and oxygen atoms in total. The summed E-state index contributed by atoms with van der Waals surface area (Å²) in [6.45, 7) is 9.32. The zero-order chi connectivity index (χ0) is 23.4. The molecule has 1 amide bonds. The Morgan fingerprint density at radius 3 is 2.61 bits per heavy atom. The fourth-order valence-corrected chi connectivity index (χ4v) is 5.13. The Kier molecular flexibility index (Phi) is 7.00. The van der Waals surface area contributed by atoms with Crippen molar-refractivity contribution in [2.45, 2.75) is 13.8 Å². The van der Waals surface area contributed by atoms with E-state index in [0.717, 1.165) is 48.9 Å². The zero-order valence-electron chi connectivity index (χ0n) is 18.8. The number of rotatable bonds is 7. The lowest BCUT2D eigenvalue weighted by Crippen LogP contribution is -2.48. The molecule has 0 radical (unpaired) electrons. The highest BCUT2D eigenvalue weighted by Gasteiger charge is 2.20. The van der Waals surface area contributed by atoms with Crippen LogP contribution in [0.15, 0.2) is 42.5 Å². The number of nitro benzene ring substituents is 1. The number of amides is 1. The lowest BCUT2D eigenvalue weighted by molar-refractivity contribution is -0.384. The molecule has 1 aliphatic rings. The number of benzene rings is 2. The molecule has 1 aromatic heterocycles. The number of fused-ring (bicyclic) bond motifs is 1. The maximum atomic E-state index is 12.1. The molecular formula is C24H27N5O3S. The molecule has 3 aromatic rings. The zero-order valence-corrected chi connectivity index (χ0v) is 19.6. The number of aromatic nitrogens is 1. The van der Waals surface area contributed by atoms with Crippen LogP contribution in [0, 0.1) is 24.0 Å². The Morgan fingerprint density at radius 1 is 1.18 bits per heavy atom. The van der Waals surface area contributed by atoms with Gasteiger partial charge in [0.15, 0.2) is 5.13 Å². The molecule has 4 rings (SSSR count). The van der Waals surface area contributed by atoms with Crippen molar-refractivity contribution in [3.8, 4) is 0 Å². The molecule has 1 fully saturated rings. The van der Waals surface area contributed by atoms with Gasteiger partial charge < -0.3 is 10.2 Å². The third kappa shape index (κ3) is 5.74. The minimum atomic E-state index is -0.444. The molecule has 1 aliphatic heterocycles. The average molecular weight is 466 g/mol. The highest BCUT2D eigenvalue weighted by Crippen LogP contribution is 2.32. The number of nitrogens with one attached hydrogen (secondary N) is 1. The number of nitrogens with zero attached hydrogens (tertiary/aromatic N) is 4. The van der Waals surface area contributed by atoms with Gasteiger partial charge in [0.25, 0.3) is 5.69 Å². The Bertz CT molecular complexity index is 1180. The smallest absolute Gasteiger partial charge is 0.269 e. The lowest BCUT2D eigenvalue weighted by Gasteiger charge is -2.34.